The predicted octanol–water partition coefficient (Wildman–Crippen LogP) is 2.87. The molecule has 1 heterocycles. The molecule has 3 aromatic rings. The van der Waals surface area contributed by atoms with Crippen LogP contribution in [0, 0.1) is 15.9 Å². The second-order valence-corrected chi connectivity index (χ2v) is 7.03. The highest BCUT2D eigenvalue weighted by Gasteiger charge is 2.16. The van der Waals surface area contributed by atoms with E-state index in [4.69, 9.17) is 4.52 Å². The van der Waals surface area contributed by atoms with Crippen LogP contribution in [-0.4, -0.2) is 18.5 Å². The lowest BCUT2D eigenvalue weighted by atomic mass is 10.1. The third kappa shape index (κ3) is 3.92. The van der Waals surface area contributed by atoms with E-state index in [9.17, 15) is 22.9 Å². The third-order valence-corrected chi connectivity index (χ3v) is 4.91. The van der Waals surface area contributed by atoms with Gasteiger partial charge < -0.3 is 4.52 Å². The molecule has 134 valence electrons. The summed E-state index contributed by atoms with van der Waals surface area (Å²) in [4.78, 5) is 10.1. The zero-order valence-electron chi connectivity index (χ0n) is 13.1. The molecule has 26 heavy (non-hydrogen) atoms. The number of rotatable bonds is 6. The summed E-state index contributed by atoms with van der Waals surface area (Å²) in [5.74, 6) is -0.282. The van der Waals surface area contributed by atoms with Crippen molar-refractivity contribution in [3.63, 3.8) is 0 Å². The highest BCUT2D eigenvalue weighted by molar-refractivity contribution is 7.89. The van der Waals surface area contributed by atoms with Crippen LogP contribution >= 0.6 is 0 Å². The Kier molecular flexibility index (Phi) is 4.78. The molecule has 0 saturated heterocycles. The van der Waals surface area contributed by atoms with Crippen molar-refractivity contribution in [3.8, 4) is 11.3 Å². The molecule has 0 aliphatic rings. The fourth-order valence-corrected chi connectivity index (χ4v) is 3.14. The number of sulfonamides is 1. The summed E-state index contributed by atoms with van der Waals surface area (Å²) in [5, 5.41) is 14.5. The first-order valence-corrected chi connectivity index (χ1v) is 8.79. The van der Waals surface area contributed by atoms with E-state index in [2.05, 4.69) is 9.88 Å². The van der Waals surface area contributed by atoms with Gasteiger partial charge in [-0.1, -0.05) is 5.16 Å². The van der Waals surface area contributed by atoms with Crippen LogP contribution in [0.3, 0.4) is 0 Å². The molecular weight excluding hydrogens is 365 g/mol. The molecule has 1 aromatic heterocycles. The molecule has 0 saturated carbocycles. The van der Waals surface area contributed by atoms with E-state index in [0.717, 1.165) is 24.3 Å². The van der Waals surface area contributed by atoms with Crippen LogP contribution in [0.1, 0.15) is 5.76 Å². The number of nitro benzene ring substituents is 1. The Bertz CT molecular complexity index is 1030. The van der Waals surface area contributed by atoms with Gasteiger partial charge in [0.1, 0.15) is 11.5 Å². The predicted molar refractivity (Wildman–Crippen MR) is 89.0 cm³/mol. The number of hydrogen-bond acceptors (Lipinski definition) is 6. The lowest BCUT2D eigenvalue weighted by Gasteiger charge is -2.04. The molecule has 0 atom stereocenters. The lowest BCUT2D eigenvalue weighted by Crippen LogP contribution is -2.22. The molecular formula is C16H12FN3O5S. The van der Waals surface area contributed by atoms with Gasteiger partial charge in [-0.05, 0) is 36.4 Å². The van der Waals surface area contributed by atoms with Crippen molar-refractivity contribution in [2.75, 3.05) is 0 Å². The zero-order chi connectivity index (χ0) is 18.7. The van der Waals surface area contributed by atoms with Gasteiger partial charge in [-0.25, -0.2) is 17.5 Å². The Labute approximate surface area is 147 Å². The average molecular weight is 377 g/mol. The summed E-state index contributed by atoms with van der Waals surface area (Å²) in [7, 11) is -3.83. The Hall–Kier alpha value is -3.11. The summed E-state index contributed by atoms with van der Waals surface area (Å²) < 4.78 is 44.6. The summed E-state index contributed by atoms with van der Waals surface area (Å²) in [6.45, 7) is -0.153. The SMILES string of the molecule is O=[N+]([O-])c1ccc(-c2cc(CNS(=O)(=O)c3ccc(F)cc3)on2)cc1. The maximum Gasteiger partial charge on any atom is 0.269 e. The Morgan fingerprint density at radius 2 is 1.77 bits per heavy atom. The van der Waals surface area contributed by atoms with Crippen molar-refractivity contribution in [3.05, 3.63) is 76.3 Å². The van der Waals surface area contributed by atoms with Crippen LogP contribution in [0.2, 0.25) is 0 Å². The van der Waals surface area contributed by atoms with Gasteiger partial charge in [0, 0.05) is 23.8 Å². The molecule has 0 spiro atoms. The fraction of sp³-hybridized carbons (Fsp3) is 0.0625. The van der Waals surface area contributed by atoms with Gasteiger partial charge in [0.15, 0.2) is 5.76 Å². The number of non-ortho nitro benzene ring substituents is 1. The van der Waals surface area contributed by atoms with Crippen molar-refractivity contribution in [2.24, 2.45) is 0 Å². The van der Waals surface area contributed by atoms with Crippen LogP contribution in [-0.2, 0) is 16.6 Å². The Morgan fingerprint density at radius 1 is 1.12 bits per heavy atom. The van der Waals surface area contributed by atoms with Crippen molar-refractivity contribution >= 4 is 15.7 Å². The molecule has 0 radical (unpaired) electrons. The van der Waals surface area contributed by atoms with Gasteiger partial charge in [-0.15, -0.1) is 0 Å². The zero-order valence-corrected chi connectivity index (χ0v) is 13.9. The Morgan fingerprint density at radius 3 is 2.38 bits per heavy atom. The molecule has 3 rings (SSSR count). The van der Waals surface area contributed by atoms with E-state index < -0.39 is 20.8 Å². The van der Waals surface area contributed by atoms with Gasteiger partial charge in [-0.3, -0.25) is 10.1 Å². The monoisotopic (exact) mass is 377 g/mol. The second kappa shape index (κ2) is 7.02. The largest absolute Gasteiger partial charge is 0.359 e. The van der Waals surface area contributed by atoms with Gasteiger partial charge in [0.2, 0.25) is 10.0 Å². The van der Waals surface area contributed by atoms with Crippen LogP contribution in [0.15, 0.2) is 64.0 Å². The van der Waals surface area contributed by atoms with Gasteiger partial charge in [-0.2, -0.15) is 0 Å². The first-order valence-electron chi connectivity index (χ1n) is 7.31. The average Bonchev–Trinajstić information content (AvgIpc) is 3.10. The first kappa shape index (κ1) is 17.7. The minimum Gasteiger partial charge on any atom is -0.359 e. The van der Waals surface area contributed by atoms with Crippen LogP contribution in [0.4, 0.5) is 10.1 Å². The number of halogens is 1. The molecule has 0 unspecified atom stereocenters. The van der Waals surface area contributed by atoms with Gasteiger partial charge in [0.25, 0.3) is 5.69 Å². The summed E-state index contributed by atoms with van der Waals surface area (Å²) in [5.41, 5.74) is 0.951. The van der Waals surface area contributed by atoms with Gasteiger partial charge in [0.05, 0.1) is 16.4 Å². The normalized spacial score (nSPS) is 11.4. The summed E-state index contributed by atoms with van der Waals surface area (Å²) in [6, 6.07) is 11.6. The number of nitro groups is 1. The standard InChI is InChI=1S/C16H12FN3O5S/c17-12-3-7-15(8-4-12)26(23,24)18-10-14-9-16(19-25-14)11-1-5-13(6-2-11)20(21)22/h1-9,18H,10H2. The quantitative estimate of drug-likeness (QED) is 0.522. The number of hydrogen-bond donors (Lipinski definition) is 1. The molecule has 1 N–H and O–H groups in total. The maximum absolute atomic E-state index is 12.9. The summed E-state index contributed by atoms with van der Waals surface area (Å²) >= 11 is 0. The first-order chi connectivity index (χ1) is 12.3. The van der Waals surface area contributed by atoms with Crippen LogP contribution < -0.4 is 4.72 Å². The number of nitrogens with zero attached hydrogens (tertiary/aromatic N) is 2. The Balaban J connectivity index is 1.70. The molecule has 10 heteroatoms. The highest BCUT2D eigenvalue weighted by Crippen LogP contribution is 2.22. The number of nitrogens with one attached hydrogen (secondary N) is 1. The third-order valence-electron chi connectivity index (χ3n) is 3.49. The van der Waals surface area contributed by atoms with E-state index in [1.807, 2.05) is 0 Å². The maximum atomic E-state index is 12.9. The molecule has 0 aliphatic carbocycles. The number of aromatic nitrogens is 1. The van der Waals surface area contributed by atoms with E-state index in [1.54, 1.807) is 0 Å². The van der Waals surface area contributed by atoms with E-state index in [1.165, 1.54) is 30.3 Å². The molecule has 8 nitrogen and oxygen atoms in total. The molecule has 0 bridgehead atoms. The summed E-state index contributed by atoms with van der Waals surface area (Å²) in [6.07, 6.45) is 0. The fourth-order valence-electron chi connectivity index (χ4n) is 2.15. The van der Waals surface area contributed by atoms with E-state index in [0.29, 0.717) is 11.3 Å². The molecule has 0 amide bonds. The van der Waals surface area contributed by atoms with E-state index in [-0.39, 0.29) is 22.9 Å². The highest BCUT2D eigenvalue weighted by atomic mass is 32.2. The lowest BCUT2D eigenvalue weighted by molar-refractivity contribution is -0.384. The second-order valence-electron chi connectivity index (χ2n) is 5.26. The van der Waals surface area contributed by atoms with Crippen molar-refractivity contribution in [2.45, 2.75) is 11.4 Å². The smallest absolute Gasteiger partial charge is 0.269 e. The van der Waals surface area contributed by atoms with Crippen molar-refractivity contribution < 1.29 is 22.3 Å². The molecule has 2 aromatic carbocycles. The van der Waals surface area contributed by atoms with Crippen molar-refractivity contribution in [1.29, 1.82) is 0 Å². The number of benzene rings is 2. The molecule has 0 aliphatic heterocycles. The van der Waals surface area contributed by atoms with Gasteiger partial charge >= 0.3 is 0 Å². The van der Waals surface area contributed by atoms with E-state index >= 15 is 0 Å². The topological polar surface area (TPSA) is 115 Å². The minimum atomic E-state index is -3.83. The van der Waals surface area contributed by atoms with Crippen molar-refractivity contribution in [1.82, 2.24) is 9.88 Å². The molecule has 0 fully saturated rings. The van der Waals surface area contributed by atoms with Crippen LogP contribution in [0.25, 0.3) is 11.3 Å². The minimum absolute atomic E-state index is 0.0514. The van der Waals surface area contributed by atoms with Crippen LogP contribution in [0.5, 0.6) is 0 Å².